The fourth-order valence-corrected chi connectivity index (χ4v) is 2.43. The molecule has 0 spiro atoms. The first kappa shape index (κ1) is 15.5. The Morgan fingerprint density at radius 3 is 2.72 bits per heavy atom. The van der Waals surface area contributed by atoms with Gasteiger partial charge in [0, 0.05) is 10.5 Å². The van der Waals surface area contributed by atoms with Crippen LogP contribution in [0.2, 0.25) is 0 Å². The molecule has 0 radical (unpaired) electrons. The smallest absolute Gasteiger partial charge is 0.0360 e. The molecule has 0 aliphatic carbocycles. The van der Waals surface area contributed by atoms with Gasteiger partial charge in [-0.3, -0.25) is 0 Å². The van der Waals surface area contributed by atoms with Crippen LogP contribution >= 0.6 is 15.9 Å². The van der Waals surface area contributed by atoms with Crippen LogP contribution < -0.4 is 5.32 Å². The molecule has 2 heteroatoms. The van der Waals surface area contributed by atoms with E-state index in [0.717, 1.165) is 25.8 Å². The van der Waals surface area contributed by atoms with Gasteiger partial charge in [0.15, 0.2) is 0 Å². The van der Waals surface area contributed by atoms with Gasteiger partial charge in [0.05, 0.1) is 0 Å². The number of nitrogens with one attached hydrogen (secondary N) is 1. The van der Waals surface area contributed by atoms with E-state index in [1.807, 2.05) is 0 Å². The molecule has 1 rings (SSSR count). The summed E-state index contributed by atoms with van der Waals surface area (Å²) in [6.45, 7) is 11.7. The molecule has 100 valence electrons. The molecule has 0 saturated carbocycles. The molecule has 1 aromatic rings. The van der Waals surface area contributed by atoms with E-state index in [1.54, 1.807) is 0 Å². The average Bonchev–Trinajstić information content (AvgIpc) is 2.37. The predicted octanol–water partition coefficient (Wildman–Crippen LogP) is 5.15. The quantitative estimate of drug-likeness (QED) is 0.686. The highest BCUT2D eigenvalue weighted by molar-refractivity contribution is 9.10. The van der Waals surface area contributed by atoms with Gasteiger partial charge >= 0.3 is 0 Å². The van der Waals surface area contributed by atoms with E-state index in [9.17, 15) is 0 Å². The Hall–Kier alpha value is -0.600. The van der Waals surface area contributed by atoms with Gasteiger partial charge in [-0.15, -0.1) is 0 Å². The van der Waals surface area contributed by atoms with Crippen LogP contribution in [0.25, 0.3) is 0 Å². The molecule has 1 unspecified atom stereocenters. The standard InChI is InChI=1S/C16H24BrN/c1-5-10-18-16(11-12(3)6-2)14-8-7-9-15(17)13(14)4/h7-9,16,18H,3,5-6,10-11H2,1-2,4H3. The lowest BCUT2D eigenvalue weighted by molar-refractivity contribution is 0.521. The van der Waals surface area contributed by atoms with E-state index in [0.29, 0.717) is 6.04 Å². The monoisotopic (exact) mass is 309 g/mol. The van der Waals surface area contributed by atoms with Crippen molar-refractivity contribution < 1.29 is 0 Å². The van der Waals surface area contributed by atoms with E-state index >= 15 is 0 Å². The highest BCUT2D eigenvalue weighted by Crippen LogP contribution is 2.28. The minimum Gasteiger partial charge on any atom is -0.310 e. The Labute approximate surface area is 120 Å². The van der Waals surface area contributed by atoms with Gasteiger partial charge in [0.25, 0.3) is 0 Å². The van der Waals surface area contributed by atoms with Crippen LogP contribution in [0.15, 0.2) is 34.8 Å². The van der Waals surface area contributed by atoms with Crippen LogP contribution in [-0.2, 0) is 0 Å². The van der Waals surface area contributed by atoms with Crippen molar-refractivity contribution in [3.63, 3.8) is 0 Å². The zero-order valence-electron chi connectivity index (χ0n) is 11.7. The highest BCUT2D eigenvalue weighted by atomic mass is 79.9. The fraction of sp³-hybridized carbons (Fsp3) is 0.500. The second-order valence-corrected chi connectivity index (χ2v) is 5.62. The third-order valence-corrected chi connectivity index (χ3v) is 4.18. The summed E-state index contributed by atoms with van der Waals surface area (Å²) in [5.74, 6) is 0. The Kier molecular flexibility index (Phi) is 6.66. The molecule has 0 heterocycles. The Balaban J connectivity index is 2.93. The summed E-state index contributed by atoms with van der Waals surface area (Å²) in [5, 5.41) is 3.64. The van der Waals surface area contributed by atoms with Gasteiger partial charge in [0.2, 0.25) is 0 Å². The predicted molar refractivity (Wildman–Crippen MR) is 84.0 cm³/mol. The number of rotatable bonds is 7. The Morgan fingerprint density at radius 2 is 2.11 bits per heavy atom. The summed E-state index contributed by atoms with van der Waals surface area (Å²) < 4.78 is 1.19. The number of hydrogen-bond donors (Lipinski definition) is 1. The van der Waals surface area contributed by atoms with Crippen LogP contribution in [-0.4, -0.2) is 6.54 Å². The second kappa shape index (κ2) is 7.75. The summed E-state index contributed by atoms with van der Waals surface area (Å²) in [6.07, 6.45) is 3.23. The number of halogens is 1. The molecule has 0 aliphatic heterocycles. The highest BCUT2D eigenvalue weighted by Gasteiger charge is 2.14. The normalized spacial score (nSPS) is 12.4. The summed E-state index contributed by atoms with van der Waals surface area (Å²) in [4.78, 5) is 0. The second-order valence-electron chi connectivity index (χ2n) is 4.77. The van der Waals surface area contributed by atoms with Gasteiger partial charge in [-0.1, -0.05) is 54.1 Å². The SMILES string of the molecule is C=C(CC)CC(NCCC)c1cccc(Br)c1C. The molecular weight excluding hydrogens is 286 g/mol. The lowest BCUT2D eigenvalue weighted by Crippen LogP contribution is -2.23. The van der Waals surface area contributed by atoms with Gasteiger partial charge in [-0.25, -0.2) is 0 Å². The van der Waals surface area contributed by atoms with Crippen molar-refractivity contribution in [1.82, 2.24) is 5.32 Å². The summed E-state index contributed by atoms with van der Waals surface area (Å²) in [7, 11) is 0. The van der Waals surface area contributed by atoms with Crippen LogP contribution in [0.1, 0.15) is 50.3 Å². The van der Waals surface area contributed by atoms with Crippen molar-refractivity contribution >= 4 is 15.9 Å². The van der Waals surface area contributed by atoms with Crippen molar-refractivity contribution in [3.05, 3.63) is 46.0 Å². The van der Waals surface area contributed by atoms with Crippen LogP contribution in [0.5, 0.6) is 0 Å². The van der Waals surface area contributed by atoms with Gasteiger partial charge in [0.1, 0.15) is 0 Å². The first-order valence-electron chi connectivity index (χ1n) is 6.75. The van der Waals surface area contributed by atoms with Crippen molar-refractivity contribution in [1.29, 1.82) is 0 Å². The first-order chi connectivity index (χ1) is 8.60. The summed E-state index contributed by atoms with van der Waals surface area (Å²) >= 11 is 3.62. The molecule has 1 N–H and O–H groups in total. The number of hydrogen-bond acceptors (Lipinski definition) is 1. The third kappa shape index (κ3) is 4.25. The molecule has 18 heavy (non-hydrogen) atoms. The van der Waals surface area contributed by atoms with E-state index in [4.69, 9.17) is 0 Å². The molecule has 0 fully saturated rings. The van der Waals surface area contributed by atoms with Crippen molar-refractivity contribution in [2.45, 2.75) is 46.1 Å². The summed E-state index contributed by atoms with van der Waals surface area (Å²) in [6, 6.07) is 6.82. The zero-order valence-corrected chi connectivity index (χ0v) is 13.3. The Bertz CT molecular complexity index is 398. The van der Waals surface area contributed by atoms with E-state index in [-0.39, 0.29) is 0 Å². The topological polar surface area (TPSA) is 12.0 Å². The van der Waals surface area contributed by atoms with Crippen molar-refractivity contribution in [2.24, 2.45) is 0 Å². The lowest BCUT2D eigenvalue weighted by atomic mass is 9.95. The van der Waals surface area contributed by atoms with E-state index < -0.39 is 0 Å². The first-order valence-corrected chi connectivity index (χ1v) is 7.54. The molecule has 1 nitrogen and oxygen atoms in total. The summed E-state index contributed by atoms with van der Waals surface area (Å²) in [5.41, 5.74) is 4.02. The van der Waals surface area contributed by atoms with E-state index in [2.05, 4.69) is 66.8 Å². The van der Waals surface area contributed by atoms with Gasteiger partial charge in [-0.05, 0) is 49.9 Å². The molecule has 1 atom stereocenters. The largest absolute Gasteiger partial charge is 0.310 e. The molecule has 0 aliphatic rings. The van der Waals surface area contributed by atoms with Crippen LogP contribution in [0.4, 0.5) is 0 Å². The zero-order chi connectivity index (χ0) is 13.5. The molecule has 1 aromatic carbocycles. The molecular formula is C16H24BrN. The van der Waals surface area contributed by atoms with Gasteiger partial charge < -0.3 is 5.32 Å². The lowest BCUT2D eigenvalue weighted by Gasteiger charge is -2.22. The van der Waals surface area contributed by atoms with Crippen LogP contribution in [0.3, 0.4) is 0 Å². The number of benzene rings is 1. The molecule has 0 aromatic heterocycles. The van der Waals surface area contributed by atoms with Crippen molar-refractivity contribution in [2.75, 3.05) is 6.54 Å². The van der Waals surface area contributed by atoms with Gasteiger partial charge in [-0.2, -0.15) is 0 Å². The maximum Gasteiger partial charge on any atom is 0.0360 e. The fourth-order valence-electron chi connectivity index (χ4n) is 2.05. The Morgan fingerprint density at radius 1 is 1.39 bits per heavy atom. The van der Waals surface area contributed by atoms with Crippen LogP contribution in [0, 0.1) is 6.92 Å². The molecule has 0 amide bonds. The maximum atomic E-state index is 4.15. The minimum absolute atomic E-state index is 0.384. The maximum absolute atomic E-state index is 4.15. The average molecular weight is 310 g/mol. The molecule has 0 saturated heterocycles. The molecule has 0 bridgehead atoms. The van der Waals surface area contributed by atoms with E-state index in [1.165, 1.54) is 21.2 Å². The minimum atomic E-state index is 0.384. The third-order valence-electron chi connectivity index (χ3n) is 3.32. The van der Waals surface area contributed by atoms with Crippen molar-refractivity contribution in [3.8, 4) is 0 Å².